The number of alkyl halides is 3. The number of aliphatic hydroxyl groups excluding tert-OH is 1. The first-order valence-electron chi connectivity index (χ1n) is 19.8. The van der Waals surface area contributed by atoms with Crippen molar-refractivity contribution in [2.45, 2.75) is 142 Å². The molecule has 1 aromatic carbocycles. The lowest BCUT2D eigenvalue weighted by atomic mass is 9.57. The molecule has 2 aliphatic carbocycles. The predicted molar refractivity (Wildman–Crippen MR) is 192 cm³/mol. The van der Waals surface area contributed by atoms with Crippen molar-refractivity contribution in [2.75, 3.05) is 11.9 Å². The van der Waals surface area contributed by atoms with E-state index in [0.29, 0.717) is 36.0 Å². The molecule has 5 aliphatic rings. The van der Waals surface area contributed by atoms with Crippen LogP contribution >= 0.6 is 0 Å². The van der Waals surface area contributed by atoms with Gasteiger partial charge in [0.1, 0.15) is 17.5 Å². The van der Waals surface area contributed by atoms with E-state index in [2.05, 4.69) is 42.9 Å². The number of halogens is 3. The SMILES string of the molecule is CC1CCC2C(C)CCC(C(C)C(O)CC(=NOC(=O)Nc3ccc(OC(F)(F)F)cc3)C3OC4OC(C)CCC5C(C)CCC(C3C)C45O)C2CO1. The van der Waals surface area contributed by atoms with Gasteiger partial charge in [-0.2, -0.15) is 0 Å². The molecule has 3 saturated heterocycles. The van der Waals surface area contributed by atoms with Crippen molar-refractivity contribution in [2.24, 2.45) is 58.4 Å². The van der Waals surface area contributed by atoms with Crippen LogP contribution in [0.1, 0.15) is 99.3 Å². The standard InChI is InChI=1S/C40H59F3N2O8/c1-21-7-15-30(31-20-49-23(3)9-16-29(21)31)25(5)35(46)19-34(45-53-38(47)44-27-11-13-28(14-12-27)52-40(41,42)43)36-26(6)33-17-8-22(2)32-18-10-24(4)50-37(51-36)39(32,33)48/h11-14,21-26,29-33,35-37,46,48H,7-10,15-20H2,1-6H3,(H,44,47). The number of carbonyl (C=O) groups is 1. The van der Waals surface area contributed by atoms with E-state index in [1.54, 1.807) is 0 Å². The van der Waals surface area contributed by atoms with E-state index in [1.807, 2.05) is 13.8 Å². The topological polar surface area (TPSA) is 128 Å². The zero-order valence-corrected chi connectivity index (χ0v) is 31.9. The summed E-state index contributed by atoms with van der Waals surface area (Å²) in [5.41, 5.74) is -0.684. The van der Waals surface area contributed by atoms with Crippen LogP contribution in [0.2, 0.25) is 0 Å². The number of ether oxygens (including phenoxy) is 4. The maximum absolute atomic E-state index is 13.1. The lowest BCUT2D eigenvalue weighted by Gasteiger charge is -2.57. The summed E-state index contributed by atoms with van der Waals surface area (Å²) in [4.78, 5) is 18.5. The second-order valence-electron chi connectivity index (χ2n) is 17.0. The molecule has 13 heteroatoms. The van der Waals surface area contributed by atoms with Gasteiger partial charge in [0.2, 0.25) is 0 Å². The second-order valence-corrected chi connectivity index (χ2v) is 17.0. The van der Waals surface area contributed by atoms with Crippen LogP contribution in [0.4, 0.5) is 23.7 Å². The maximum Gasteiger partial charge on any atom is 0.573 e. The summed E-state index contributed by atoms with van der Waals surface area (Å²) in [6.07, 6.45) is -0.575. The molecule has 298 valence electrons. The van der Waals surface area contributed by atoms with Gasteiger partial charge in [0.25, 0.3) is 0 Å². The van der Waals surface area contributed by atoms with E-state index in [4.69, 9.17) is 19.0 Å². The third-order valence-corrected chi connectivity index (χ3v) is 13.7. The van der Waals surface area contributed by atoms with E-state index < -0.39 is 42.3 Å². The van der Waals surface area contributed by atoms with Crippen molar-refractivity contribution >= 4 is 17.5 Å². The number of oxime groups is 1. The van der Waals surface area contributed by atoms with Gasteiger partial charge in [-0.3, -0.25) is 10.2 Å². The van der Waals surface area contributed by atoms with Gasteiger partial charge in [-0.25, -0.2) is 4.79 Å². The predicted octanol–water partition coefficient (Wildman–Crippen LogP) is 8.31. The Kier molecular flexibility index (Phi) is 12.4. The average Bonchev–Trinajstić information content (AvgIpc) is 3.37. The summed E-state index contributed by atoms with van der Waals surface area (Å²) < 4.78 is 61.2. The third kappa shape index (κ3) is 8.84. The van der Waals surface area contributed by atoms with Crippen LogP contribution in [0.3, 0.4) is 0 Å². The molecule has 1 aromatic rings. The lowest BCUT2D eigenvalue weighted by Crippen LogP contribution is -2.67. The maximum atomic E-state index is 13.1. The number of hydrogen-bond acceptors (Lipinski definition) is 9. The van der Waals surface area contributed by atoms with Crippen LogP contribution in [0.15, 0.2) is 29.4 Å². The van der Waals surface area contributed by atoms with Crippen molar-refractivity contribution < 1.29 is 52.0 Å². The molecule has 2 saturated carbocycles. The molecule has 0 aromatic heterocycles. The number of carbonyl (C=O) groups excluding carboxylic acids is 1. The molecule has 1 amide bonds. The number of amides is 1. The Morgan fingerprint density at radius 3 is 2.32 bits per heavy atom. The normalized spacial score (nSPS) is 40.4. The summed E-state index contributed by atoms with van der Waals surface area (Å²) in [5.74, 6) is 1.02. The van der Waals surface area contributed by atoms with E-state index in [1.165, 1.54) is 12.1 Å². The fraction of sp³-hybridized carbons (Fsp3) is 0.800. The highest BCUT2D eigenvalue weighted by Gasteiger charge is 2.62. The quantitative estimate of drug-likeness (QED) is 0.138. The zero-order valence-electron chi connectivity index (χ0n) is 31.9. The molecular weight excluding hydrogens is 693 g/mol. The Balaban J connectivity index is 1.25. The Bertz CT molecular complexity index is 1430. The van der Waals surface area contributed by atoms with Crippen molar-refractivity contribution in [3.8, 4) is 5.75 Å². The number of nitrogens with one attached hydrogen (secondary N) is 1. The summed E-state index contributed by atoms with van der Waals surface area (Å²) in [5, 5.41) is 31.3. The van der Waals surface area contributed by atoms with E-state index in [0.717, 1.165) is 63.5 Å². The minimum absolute atomic E-state index is 0.00620. The number of anilines is 1. The van der Waals surface area contributed by atoms with Gasteiger partial charge in [0.05, 0.1) is 30.6 Å². The second kappa shape index (κ2) is 16.3. The van der Waals surface area contributed by atoms with Gasteiger partial charge in [-0.15, -0.1) is 13.2 Å². The van der Waals surface area contributed by atoms with Crippen LogP contribution in [0.5, 0.6) is 5.75 Å². The molecule has 3 heterocycles. The number of aliphatic hydroxyl groups is 2. The summed E-state index contributed by atoms with van der Waals surface area (Å²) in [6, 6.07) is 4.67. The summed E-state index contributed by atoms with van der Waals surface area (Å²) >= 11 is 0. The molecule has 15 atom stereocenters. The summed E-state index contributed by atoms with van der Waals surface area (Å²) in [6.45, 7) is 13.4. The highest BCUT2D eigenvalue weighted by atomic mass is 19.4. The van der Waals surface area contributed by atoms with E-state index >= 15 is 0 Å². The number of fused-ring (bicyclic) bond motifs is 1. The number of benzene rings is 1. The Morgan fingerprint density at radius 1 is 0.925 bits per heavy atom. The molecule has 3 aliphatic heterocycles. The highest BCUT2D eigenvalue weighted by Crippen LogP contribution is 2.55. The van der Waals surface area contributed by atoms with Crippen molar-refractivity contribution in [1.82, 2.24) is 0 Å². The number of nitrogens with zero attached hydrogens (tertiary/aromatic N) is 1. The van der Waals surface area contributed by atoms with Crippen LogP contribution in [-0.2, 0) is 19.0 Å². The van der Waals surface area contributed by atoms with Gasteiger partial charge < -0.3 is 29.2 Å². The smallest absolute Gasteiger partial charge is 0.406 e. The lowest BCUT2D eigenvalue weighted by molar-refractivity contribution is -0.333. The van der Waals surface area contributed by atoms with Crippen molar-refractivity contribution in [1.29, 1.82) is 0 Å². The fourth-order valence-electron chi connectivity index (χ4n) is 10.6. The Labute approximate surface area is 311 Å². The number of rotatable bonds is 8. The zero-order chi connectivity index (χ0) is 38.2. The van der Waals surface area contributed by atoms with Gasteiger partial charge >= 0.3 is 12.5 Å². The average molecular weight is 753 g/mol. The minimum Gasteiger partial charge on any atom is -0.406 e. The van der Waals surface area contributed by atoms with E-state index in [-0.39, 0.29) is 53.9 Å². The minimum atomic E-state index is -4.84. The molecule has 53 heavy (non-hydrogen) atoms. The first-order chi connectivity index (χ1) is 25.0. The highest BCUT2D eigenvalue weighted by molar-refractivity contribution is 5.91. The summed E-state index contributed by atoms with van der Waals surface area (Å²) in [7, 11) is 0. The third-order valence-electron chi connectivity index (χ3n) is 13.7. The molecule has 0 spiro atoms. The molecule has 3 N–H and O–H groups in total. The van der Waals surface area contributed by atoms with Crippen LogP contribution in [0, 0.1) is 53.3 Å². The monoisotopic (exact) mass is 752 g/mol. The number of hydrogen-bond donors (Lipinski definition) is 3. The van der Waals surface area contributed by atoms with Gasteiger partial charge in [0.15, 0.2) is 6.29 Å². The molecule has 6 rings (SSSR count). The molecule has 0 bridgehead atoms. The first kappa shape index (κ1) is 40.2. The van der Waals surface area contributed by atoms with Gasteiger partial charge in [0, 0.05) is 12.1 Å². The van der Waals surface area contributed by atoms with Crippen LogP contribution < -0.4 is 10.1 Å². The van der Waals surface area contributed by atoms with Gasteiger partial charge in [-0.05, 0) is 136 Å². The first-order valence-corrected chi connectivity index (χ1v) is 19.8. The molecule has 5 fully saturated rings. The molecule has 15 unspecified atom stereocenters. The van der Waals surface area contributed by atoms with E-state index in [9.17, 15) is 28.2 Å². The van der Waals surface area contributed by atoms with Gasteiger partial charge in [-0.1, -0.05) is 39.3 Å². The largest absolute Gasteiger partial charge is 0.573 e. The Hall–Kier alpha value is -2.45. The van der Waals surface area contributed by atoms with Crippen LogP contribution in [-0.4, -0.2) is 71.3 Å². The molecule has 10 nitrogen and oxygen atoms in total. The Morgan fingerprint density at radius 2 is 1.60 bits per heavy atom. The van der Waals surface area contributed by atoms with Crippen molar-refractivity contribution in [3.63, 3.8) is 0 Å². The fourth-order valence-corrected chi connectivity index (χ4v) is 10.6. The van der Waals surface area contributed by atoms with Crippen LogP contribution in [0.25, 0.3) is 0 Å². The molecule has 0 radical (unpaired) electrons. The molecular formula is C40H59F3N2O8. The van der Waals surface area contributed by atoms with Crippen molar-refractivity contribution in [3.05, 3.63) is 24.3 Å².